The highest BCUT2D eigenvalue weighted by atomic mass is 16.4. The van der Waals surface area contributed by atoms with Gasteiger partial charge < -0.3 is 15.1 Å². The molecule has 1 aromatic heterocycles. The first kappa shape index (κ1) is 11.6. The summed E-state index contributed by atoms with van der Waals surface area (Å²) in [5.74, 6) is -1.44. The van der Waals surface area contributed by atoms with Gasteiger partial charge in [0.2, 0.25) is 5.91 Å². The van der Waals surface area contributed by atoms with Crippen molar-refractivity contribution in [1.82, 2.24) is 14.7 Å². The summed E-state index contributed by atoms with van der Waals surface area (Å²) >= 11 is 0. The number of amides is 1. The van der Waals surface area contributed by atoms with E-state index >= 15 is 0 Å². The number of aromatic nitrogens is 2. The molecule has 0 aromatic carbocycles. The standard InChI is InChI=1S/C10H13N3O4/c14-7-4-8(10(16)17)13(5-7)9(15)6-12-3-1-2-11-12/h1-3,7-8,14H,4-6H2,(H,16,17). The van der Waals surface area contributed by atoms with Gasteiger partial charge in [-0.15, -0.1) is 0 Å². The summed E-state index contributed by atoms with van der Waals surface area (Å²) in [6.07, 6.45) is 2.49. The maximum Gasteiger partial charge on any atom is 0.326 e. The van der Waals surface area contributed by atoms with E-state index < -0.39 is 18.1 Å². The fourth-order valence-electron chi connectivity index (χ4n) is 1.95. The smallest absolute Gasteiger partial charge is 0.326 e. The molecule has 1 aliphatic rings. The molecule has 1 saturated heterocycles. The zero-order chi connectivity index (χ0) is 12.4. The number of aliphatic carboxylic acids is 1. The Labute approximate surface area is 97.3 Å². The number of nitrogens with zero attached hydrogens (tertiary/aromatic N) is 3. The number of rotatable bonds is 3. The molecule has 1 aliphatic heterocycles. The van der Waals surface area contributed by atoms with Gasteiger partial charge in [0, 0.05) is 25.4 Å². The zero-order valence-electron chi connectivity index (χ0n) is 9.06. The van der Waals surface area contributed by atoms with Gasteiger partial charge >= 0.3 is 5.97 Å². The number of carboxylic acids is 1. The van der Waals surface area contributed by atoms with Gasteiger partial charge in [0.1, 0.15) is 12.6 Å². The summed E-state index contributed by atoms with van der Waals surface area (Å²) in [5.41, 5.74) is 0. The average Bonchev–Trinajstić information content (AvgIpc) is 2.86. The van der Waals surface area contributed by atoms with Gasteiger partial charge in [0.05, 0.1) is 6.10 Å². The number of likely N-dealkylation sites (tertiary alicyclic amines) is 1. The molecule has 1 aromatic rings. The van der Waals surface area contributed by atoms with E-state index in [-0.39, 0.29) is 25.4 Å². The van der Waals surface area contributed by atoms with Crippen LogP contribution in [0.3, 0.4) is 0 Å². The summed E-state index contributed by atoms with van der Waals surface area (Å²) in [5, 5.41) is 22.2. The number of β-amino-alcohol motifs (C(OH)–C–C–N with tert-alkyl or cyclic N) is 1. The van der Waals surface area contributed by atoms with Crippen LogP contribution >= 0.6 is 0 Å². The molecule has 92 valence electrons. The summed E-state index contributed by atoms with van der Waals surface area (Å²) in [4.78, 5) is 24.0. The lowest BCUT2D eigenvalue weighted by molar-refractivity contribution is -0.148. The van der Waals surface area contributed by atoms with Crippen molar-refractivity contribution >= 4 is 11.9 Å². The molecule has 2 rings (SSSR count). The van der Waals surface area contributed by atoms with Gasteiger partial charge in [-0.05, 0) is 6.07 Å². The molecule has 0 bridgehead atoms. The van der Waals surface area contributed by atoms with Crippen LogP contribution in [0.5, 0.6) is 0 Å². The van der Waals surface area contributed by atoms with E-state index in [1.54, 1.807) is 18.5 Å². The molecule has 17 heavy (non-hydrogen) atoms. The summed E-state index contributed by atoms with van der Waals surface area (Å²) in [6.45, 7) is 0.0561. The first-order valence-electron chi connectivity index (χ1n) is 5.25. The van der Waals surface area contributed by atoms with Crippen molar-refractivity contribution in [2.75, 3.05) is 6.54 Å². The van der Waals surface area contributed by atoms with Crippen molar-refractivity contribution in [1.29, 1.82) is 0 Å². The van der Waals surface area contributed by atoms with Crippen LogP contribution < -0.4 is 0 Å². The zero-order valence-corrected chi connectivity index (χ0v) is 9.06. The van der Waals surface area contributed by atoms with Gasteiger partial charge in [-0.3, -0.25) is 9.48 Å². The fourth-order valence-corrected chi connectivity index (χ4v) is 1.95. The molecule has 0 saturated carbocycles. The second-order valence-electron chi connectivity index (χ2n) is 3.99. The highest BCUT2D eigenvalue weighted by molar-refractivity contribution is 5.84. The molecular weight excluding hydrogens is 226 g/mol. The van der Waals surface area contributed by atoms with Crippen molar-refractivity contribution in [3.8, 4) is 0 Å². The molecule has 2 heterocycles. The SMILES string of the molecule is O=C(O)C1CC(O)CN1C(=O)Cn1cccn1. The van der Waals surface area contributed by atoms with Crippen LogP contribution in [0.1, 0.15) is 6.42 Å². The summed E-state index contributed by atoms with van der Waals surface area (Å²) < 4.78 is 1.42. The third-order valence-corrected chi connectivity index (χ3v) is 2.74. The van der Waals surface area contributed by atoms with Gasteiger partial charge in [-0.2, -0.15) is 5.10 Å². The van der Waals surface area contributed by atoms with E-state index in [0.717, 1.165) is 0 Å². The first-order valence-corrected chi connectivity index (χ1v) is 5.25. The van der Waals surface area contributed by atoms with Crippen LogP contribution in [0.15, 0.2) is 18.5 Å². The summed E-state index contributed by atoms with van der Waals surface area (Å²) in [7, 11) is 0. The maximum absolute atomic E-state index is 11.9. The van der Waals surface area contributed by atoms with Crippen molar-refractivity contribution in [3.05, 3.63) is 18.5 Å². The Kier molecular flexibility index (Phi) is 3.10. The lowest BCUT2D eigenvalue weighted by Gasteiger charge is -2.20. The van der Waals surface area contributed by atoms with Gasteiger partial charge in [0.15, 0.2) is 0 Å². The molecular formula is C10H13N3O4. The second kappa shape index (κ2) is 4.54. The quantitative estimate of drug-likeness (QED) is 0.700. The third kappa shape index (κ3) is 2.44. The number of hydrogen-bond donors (Lipinski definition) is 2. The van der Waals surface area contributed by atoms with E-state index in [4.69, 9.17) is 5.11 Å². The molecule has 7 heteroatoms. The molecule has 0 aliphatic carbocycles. The van der Waals surface area contributed by atoms with Crippen LogP contribution in [-0.4, -0.2) is 55.5 Å². The Morgan fingerprint density at radius 3 is 2.82 bits per heavy atom. The van der Waals surface area contributed by atoms with Gasteiger partial charge in [0.25, 0.3) is 0 Å². The molecule has 2 unspecified atom stereocenters. The van der Waals surface area contributed by atoms with Crippen LogP contribution in [-0.2, 0) is 16.1 Å². The molecule has 0 radical (unpaired) electrons. The largest absolute Gasteiger partial charge is 0.480 e. The van der Waals surface area contributed by atoms with Crippen molar-refractivity contribution in [2.24, 2.45) is 0 Å². The lowest BCUT2D eigenvalue weighted by Crippen LogP contribution is -2.42. The molecule has 0 spiro atoms. The highest BCUT2D eigenvalue weighted by Crippen LogP contribution is 2.18. The molecule has 1 amide bonds. The van der Waals surface area contributed by atoms with Crippen LogP contribution in [0.25, 0.3) is 0 Å². The Hall–Kier alpha value is -1.89. The minimum Gasteiger partial charge on any atom is -0.480 e. The Bertz CT molecular complexity index is 417. The number of hydrogen-bond acceptors (Lipinski definition) is 4. The number of carbonyl (C=O) groups excluding carboxylic acids is 1. The Morgan fingerprint density at radius 1 is 1.47 bits per heavy atom. The Balaban J connectivity index is 2.05. The van der Waals surface area contributed by atoms with E-state index in [9.17, 15) is 14.7 Å². The predicted molar refractivity (Wildman–Crippen MR) is 56.0 cm³/mol. The van der Waals surface area contributed by atoms with Crippen LogP contribution in [0.4, 0.5) is 0 Å². The number of aliphatic hydroxyl groups is 1. The Morgan fingerprint density at radius 2 is 2.24 bits per heavy atom. The topological polar surface area (TPSA) is 95.7 Å². The maximum atomic E-state index is 11.9. The highest BCUT2D eigenvalue weighted by Gasteiger charge is 2.38. The van der Waals surface area contributed by atoms with E-state index in [1.165, 1.54) is 9.58 Å². The van der Waals surface area contributed by atoms with Crippen molar-refractivity contribution in [2.45, 2.75) is 25.1 Å². The molecule has 1 fully saturated rings. The second-order valence-corrected chi connectivity index (χ2v) is 3.99. The minimum absolute atomic E-state index is 0.0104. The third-order valence-electron chi connectivity index (χ3n) is 2.74. The fraction of sp³-hybridized carbons (Fsp3) is 0.500. The van der Waals surface area contributed by atoms with Crippen LogP contribution in [0.2, 0.25) is 0 Å². The van der Waals surface area contributed by atoms with Crippen molar-refractivity contribution in [3.63, 3.8) is 0 Å². The van der Waals surface area contributed by atoms with Crippen LogP contribution in [0, 0.1) is 0 Å². The molecule has 7 nitrogen and oxygen atoms in total. The molecule has 2 atom stereocenters. The number of carboxylic acid groups (broad SMARTS) is 1. The number of carbonyl (C=O) groups is 2. The van der Waals surface area contributed by atoms with Gasteiger partial charge in [-0.25, -0.2) is 4.79 Å². The summed E-state index contributed by atoms with van der Waals surface area (Å²) in [6, 6.07) is 0.744. The van der Waals surface area contributed by atoms with E-state index in [0.29, 0.717) is 0 Å². The average molecular weight is 239 g/mol. The van der Waals surface area contributed by atoms with E-state index in [2.05, 4.69) is 5.10 Å². The molecule has 2 N–H and O–H groups in total. The van der Waals surface area contributed by atoms with Crippen molar-refractivity contribution < 1.29 is 19.8 Å². The monoisotopic (exact) mass is 239 g/mol. The van der Waals surface area contributed by atoms with E-state index in [1.807, 2.05) is 0 Å². The first-order chi connectivity index (χ1) is 8.08. The number of aliphatic hydroxyl groups excluding tert-OH is 1. The lowest BCUT2D eigenvalue weighted by atomic mass is 10.2. The predicted octanol–water partition coefficient (Wildman–Crippen LogP) is -1.07. The van der Waals surface area contributed by atoms with Gasteiger partial charge in [-0.1, -0.05) is 0 Å². The minimum atomic E-state index is -1.09. The normalized spacial score (nSPS) is 23.9.